The van der Waals surface area contributed by atoms with Crippen LogP contribution in [0.4, 0.5) is 0 Å². The minimum Gasteiger partial charge on any atom is -0.507 e. The van der Waals surface area contributed by atoms with E-state index in [1.54, 1.807) is 12.1 Å². The van der Waals surface area contributed by atoms with E-state index in [-0.39, 0.29) is 17.9 Å². The van der Waals surface area contributed by atoms with Crippen LogP contribution in [0.2, 0.25) is 0 Å². The second kappa shape index (κ2) is 8.35. The van der Waals surface area contributed by atoms with E-state index >= 15 is 0 Å². The summed E-state index contributed by atoms with van der Waals surface area (Å²) in [5, 5.41) is 9.71. The minimum atomic E-state index is -0.623. The molecule has 0 radical (unpaired) electrons. The molecule has 3 N–H and O–H groups in total. The molecule has 2 aromatic carbocycles. The van der Waals surface area contributed by atoms with Gasteiger partial charge in [-0.2, -0.15) is 0 Å². The highest BCUT2D eigenvalue weighted by Crippen LogP contribution is 2.22. The van der Waals surface area contributed by atoms with Crippen LogP contribution in [0.1, 0.15) is 22.8 Å². The van der Waals surface area contributed by atoms with Gasteiger partial charge in [-0.25, -0.2) is 0 Å². The number of halogens is 1. The first-order valence-electron chi connectivity index (χ1n) is 7.29. The molecule has 0 unspecified atom stereocenters. The molecule has 0 bridgehead atoms. The summed E-state index contributed by atoms with van der Waals surface area (Å²) in [4.78, 5) is 23.7. The Morgan fingerprint density at radius 3 is 2.62 bits per heavy atom. The van der Waals surface area contributed by atoms with Crippen LogP contribution >= 0.6 is 15.9 Å². The molecule has 0 fully saturated rings. The number of nitrogens with one attached hydrogen (secondary N) is 2. The molecule has 2 aromatic rings. The molecule has 0 aliphatic rings. The standard InChI is InChI=1S/C17H17BrN2O4/c1-2-11-5-3-4-6-15(11)24-10-16(22)19-20-17(23)13-8-7-12(18)9-14(13)21/h3-9,21H,2,10H2,1H3,(H,19,22)(H,20,23). The summed E-state index contributed by atoms with van der Waals surface area (Å²) in [5.74, 6) is -0.690. The van der Waals surface area contributed by atoms with Crippen LogP contribution in [0.5, 0.6) is 11.5 Å². The monoisotopic (exact) mass is 392 g/mol. The number of aromatic hydroxyl groups is 1. The van der Waals surface area contributed by atoms with E-state index in [1.807, 2.05) is 25.1 Å². The van der Waals surface area contributed by atoms with Crippen LogP contribution in [-0.2, 0) is 11.2 Å². The molecule has 0 saturated heterocycles. The van der Waals surface area contributed by atoms with Gasteiger partial charge in [-0.1, -0.05) is 41.1 Å². The van der Waals surface area contributed by atoms with E-state index in [2.05, 4.69) is 26.8 Å². The van der Waals surface area contributed by atoms with Crippen molar-refractivity contribution in [3.63, 3.8) is 0 Å². The van der Waals surface area contributed by atoms with Gasteiger partial charge in [0.2, 0.25) is 0 Å². The lowest BCUT2D eigenvalue weighted by Gasteiger charge is -2.11. The Hall–Kier alpha value is -2.54. The Labute approximate surface area is 147 Å². The molecule has 0 aromatic heterocycles. The summed E-state index contributed by atoms with van der Waals surface area (Å²) in [6.07, 6.45) is 0.789. The van der Waals surface area contributed by atoms with Gasteiger partial charge in [0.15, 0.2) is 6.61 Å². The third-order valence-electron chi connectivity index (χ3n) is 3.23. The van der Waals surface area contributed by atoms with Crippen molar-refractivity contribution >= 4 is 27.7 Å². The quantitative estimate of drug-likeness (QED) is 0.682. The number of hydrogen-bond acceptors (Lipinski definition) is 4. The van der Waals surface area contributed by atoms with Gasteiger partial charge in [0, 0.05) is 4.47 Å². The topological polar surface area (TPSA) is 87.7 Å². The van der Waals surface area contributed by atoms with Crippen molar-refractivity contribution < 1.29 is 19.4 Å². The van der Waals surface area contributed by atoms with Crippen molar-refractivity contribution in [3.8, 4) is 11.5 Å². The molecule has 0 atom stereocenters. The molecule has 0 heterocycles. The lowest BCUT2D eigenvalue weighted by molar-refractivity contribution is -0.123. The van der Waals surface area contributed by atoms with Crippen molar-refractivity contribution in [1.29, 1.82) is 0 Å². The van der Waals surface area contributed by atoms with Crippen molar-refractivity contribution in [2.45, 2.75) is 13.3 Å². The molecule has 0 saturated carbocycles. The number of carbonyl (C=O) groups is 2. The van der Waals surface area contributed by atoms with Crippen molar-refractivity contribution in [3.05, 3.63) is 58.1 Å². The fourth-order valence-electron chi connectivity index (χ4n) is 2.01. The first-order valence-corrected chi connectivity index (χ1v) is 8.09. The summed E-state index contributed by atoms with van der Waals surface area (Å²) in [5.41, 5.74) is 5.52. The van der Waals surface area contributed by atoms with Gasteiger partial charge in [0.05, 0.1) is 5.56 Å². The average Bonchev–Trinajstić information content (AvgIpc) is 2.58. The Balaban J connectivity index is 1.85. The zero-order valence-electron chi connectivity index (χ0n) is 13.0. The van der Waals surface area contributed by atoms with E-state index in [0.717, 1.165) is 12.0 Å². The number of amides is 2. The Kier molecular flexibility index (Phi) is 6.20. The number of benzene rings is 2. The second-order valence-corrected chi connectivity index (χ2v) is 5.83. The summed E-state index contributed by atoms with van der Waals surface area (Å²) in [6.45, 7) is 1.76. The number of rotatable bonds is 5. The molecule has 2 rings (SSSR count). The highest BCUT2D eigenvalue weighted by Gasteiger charge is 2.12. The van der Waals surface area contributed by atoms with Crippen molar-refractivity contribution in [2.24, 2.45) is 0 Å². The molecule has 0 aliphatic carbocycles. The summed E-state index contributed by atoms with van der Waals surface area (Å²) in [7, 11) is 0. The summed E-state index contributed by atoms with van der Waals surface area (Å²) >= 11 is 3.18. The number of phenolic OH excluding ortho intramolecular Hbond substituents is 1. The number of hydrogen-bond donors (Lipinski definition) is 3. The average molecular weight is 393 g/mol. The Morgan fingerprint density at radius 1 is 1.17 bits per heavy atom. The first kappa shape index (κ1) is 17.8. The van der Waals surface area contributed by atoms with E-state index in [1.165, 1.54) is 12.1 Å². The van der Waals surface area contributed by atoms with E-state index < -0.39 is 11.8 Å². The summed E-state index contributed by atoms with van der Waals surface area (Å²) < 4.78 is 6.09. The molecule has 0 aliphatic heterocycles. The van der Waals surface area contributed by atoms with Gasteiger partial charge in [-0.3, -0.25) is 20.4 Å². The van der Waals surface area contributed by atoms with E-state index in [4.69, 9.17) is 4.74 Å². The van der Waals surface area contributed by atoms with Crippen LogP contribution in [0.15, 0.2) is 46.9 Å². The molecule has 2 amide bonds. The van der Waals surface area contributed by atoms with Crippen molar-refractivity contribution in [2.75, 3.05) is 6.61 Å². The number of phenols is 1. The zero-order chi connectivity index (χ0) is 17.5. The van der Waals surface area contributed by atoms with E-state index in [0.29, 0.717) is 10.2 Å². The maximum Gasteiger partial charge on any atom is 0.276 e. The number of hydrazine groups is 1. The molecular weight excluding hydrogens is 376 g/mol. The number of aryl methyl sites for hydroxylation is 1. The fraction of sp³-hybridized carbons (Fsp3) is 0.176. The Morgan fingerprint density at radius 2 is 1.92 bits per heavy atom. The number of carbonyl (C=O) groups excluding carboxylic acids is 2. The molecule has 0 spiro atoms. The van der Waals surface area contributed by atoms with Crippen molar-refractivity contribution in [1.82, 2.24) is 10.9 Å². The minimum absolute atomic E-state index is 0.0516. The fourth-order valence-corrected chi connectivity index (χ4v) is 2.36. The third-order valence-corrected chi connectivity index (χ3v) is 3.73. The highest BCUT2D eigenvalue weighted by atomic mass is 79.9. The molecule has 6 nitrogen and oxygen atoms in total. The first-order chi connectivity index (χ1) is 11.5. The van der Waals surface area contributed by atoms with Crippen LogP contribution < -0.4 is 15.6 Å². The number of ether oxygens (including phenoxy) is 1. The highest BCUT2D eigenvalue weighted by molar-refractivity contribution is 9.10. The largest absolute Gasteiger partial charge is 0.507 e. The normalized spacial score (nSPS) is 10.1. The lowest BCUT2D eigenvalue weighted by Crippen LogP contribution is -2.43. The van der Waals surface area contributed by atoms with Gasteiger partial charge < -0.3 is 9.84 Å². The van der Waals surface area contributed by atoms with Gasteiger partial charge in [-0.05, 0) is 36.2 Å². The van der Waals surface area contributed by atoms with Gasteiger partial charge in [-0.15, -0.1) is 0 Å². The Bertz CT molecular complexity index is 749. The van der Waals surface area contributed by atoms with Crippen LogP contribution in [0.3, 0.4) is 0 Å². The molecule has 126 valence electrons. The van der Waals surface area contributed by atoms with Gasteiger partial charge >= 0.3 is 0 Å². The second-order valence-electron chi connectivity index (χ2n) is 4.91. The van der Waals surface area contributed by atoms with Crippen LogP contribution in [0.25, 0.3) is 0 Å². The smallest absolute Gasteiger partial charge is 0.276 e. The molecular formula is C17H17BrN2O4. The summed E-state index contributed by atoms with van der Waals surface area (Å²) in [6, 6.07) is 11.9. The zero-order valence-corrected chi connectivity index (χ0v) is 14.6. The van der Waals surface area contributed by atoms with Gasteiger partial charge in [0.1, 0.15) is 11.5 Å². The number of para-hydroxylation sites is 1. The van der Waals surface area contributed by atoms with Gasteiger partial charge in [0.25, 0.3) is 11.8 Å². The maximum absolute atomic E-state index is 11.9. The molecule has 24 heavy (non-hydrogen) atoms. The third kappa shape index (κ3) is 4.73. The molecule has 7 heteroatoms. The van der Waals surface area contributed by atoms with E-state index in [9.17, 15) is 14.7 Å². The van der Waals surface area contributed by atoms with Crippen LogP contribution in [0, 0.1) is 0 Å². The maximum atomic E-state index is 11.9. The predicted molar refractivity (Wildman–Crippen MR) is 92.7 cm³/mol. The lowest BCUT2D eigenvalue weighted by atomic mass is 10.1. The predicted octanol–water partition coefficient (Wildman–Crippen LogP) is 2.56. The van der Waals surface area contributed by atoms with Crippen LogP contribution in [-0.4, -0.2) is 23.5 Å². The SMILES string of the molecule is CCc1ccccc1OCC(=O)NNC(=O)c1ccc(Br)cc1O.